The molecule has 9 nitrogen and oxygen atoms in total. The molecule has 1 radical (unpaired) electrons. The van der Waals surface area contributed by atoms with Crippen LogP contribution in [-0.2, 0) is 0 Å². The fourth-order valence-electron chi connectivity index (χ4n) is 2.77. The zero-order chi connectivity index (χ0) is 15.9. The van der Waals surface area contributed by atoms with Gasteiger partial charge in [-0.15, -0.1) is 4.99 Å². The molecule has 0 aliphatic heterocycles. The van der Waals surface area contributed by atoms with E-state index in [1.165, 1.54) is 18.2 Å². The van der Waals surface area contributed by atoms with E-state index in [9.17, 15) is 10.2 Å². The van der Waals surface area contributed by atoms with Crippen LogP contribution in [0, 0.1) is 18.4 Å². The number of aliphatic hydroxyl groups excluding tert-OH is 1. The number of aliphatic hydroxyl groups is 2. The van der Waals surface area contributed by atoms with Crippen molar-refractivity contribution in [2.75, 3.05) is 7.11 Å². The van der Waals surface area contributed by atoms with Crippen LogP contribution in [0.5, 0.6) is 0 Å². The number of hydrogen-bond acceptors (Lipinski definition) is 7. The normalized spacial score (nSPS) is 29.0. The molecule has 3 rings (SSSR count). The summed E-state index contributed by atoms with van der Waals surface area (Å²) in [6.45, 7) is 3.63. The third-order valence-electron chi connectivity index (χ3n) is 3.92. The standard InChI is InChI=1S/C13H15N6O3/c1-13(21)4-8(3-9(13)20)18-6-16-10-11(18)17-7-19(22-2)12(10)15-5-14/h6-9,20-21H,1,3-4H2,2H3/t8-,9-,13-/m0/s1. The van der Waals surface area contributed by atoms with Crippen LogP contribution in [0.25, 0.3) is 11.2 Å². The fourth-order valence-corrected chi connectivity index (χ4v) is 2.77. The van der Waals surface area contributed by atoms with Gasteiger partial charge in [0.05, 0.1) is 18.0 Å². The number of rotatable bonds is 2. The molecule has 2 aromatic rings. The highest BCUT2D eigenvalue weighted by molar-refractivity contribution is 5.69. The molecule has 0 spiro atoms. The summed E-state index contributed by atoms with van der Waals surface area (Å²) in [5.74, 6) is 0. The number of nitrogens with zero attached hydrogens (tertiary/aromatic N) is 6. The van der Waals surface area contributed by atoms with Gasteiger partial charge in [0, 0.05) is 6.04 Å². The van der Waals surface area contributed by atoms with E-state index in [4.69, 9.17) is 10.1 Å². The van der Waals surface area contributed by atoms with E-state index < -0.39 is 11.7 Å². The Bertz CT molecular complexity index is 815. The fraction of sp³-hybridized carbons (Fsp3) is 0.462. The van der Waals surface area contributed by atoms with E-state index in [1.54, 1.807) is 17.1 Å². The van der Waals surface area contributed by atoms with E-state index in [2.05, 4.69) is 21.9 Å². The molecule has 3 atom stereocenters. The Hall–Kier alpha value is -2.44. The monoisotopic (exact) mass is 303 g/mol. The Kier molecular flexibility index (Phi) is 3.35. The molecule has 2 N–H and O–H groups in total. The summed E-state index contributed by atoms with van der Waals surface area (Å²) in [6, 6.07) is -0.191. The maximum atomic E-state index is 10.0. The second-order valence-electron chi connectivity index (χ2n) is 5.33. The van der Waals surface area contributed by atoms with Crippen molar-refractivity contribution >= 4 is 11.2 Å². The van der Waals surface area contributed by atoms with Gasteiger partial charge in [0.1, 0.15) is 13.4 Å². The highest BCUT2D eigenvalue weighted by atomic mass is 16.6. The molecule has 0 aromatic carbocycles. The molecule has 1 saturated carbocycles. The molecule has 1 aliphatic carbocycles. The third-order valence-corrected chi connectivity index (χ3v) is 3.92. The summed E-state index contributed by atoms with van der Waals surface area (Å²) in [5, 5.41) is 28.7. The van der Waals surface area contributed by atoms with Crippen LogP contribution in [0.2, 0.25) is 0 Å². The lowest BCUT2D eigenvalue weighted by atomic mass is 10.0. The highest BCUT2D eigenvalue weighted by Crippen LogP contribution is 2.38. The van der Waals surface area contributed by atoms with Crippen LogP contribution in [0.4, 0.5) is 0 Å². The van der Waals surface area contributed by atoms with Gasteiger partial charge >= 0.3 is 0 Å². The van der Waals surface area contributed by atoms with Gasteiger partial charge in [-0.3, -0.25) is 0 Å². The van der Waals surface area contributed by atoms with Crippen LogP contribution >= 0.6 is 0 Å². The summed E-state index contributed by atoms with van der Waals surface area (Å²) in [5.41, 5.74) is -0.253. The molecule has 22 heavy (non-hydrogen) atoms. The number of fused-ring (bicyclic) bond motifs is 1. The number of aromatic nitrogens is 4. The first-order chi connectivity index (χ1) is 10.5. The van der Waals surface area contributed by atoms with Gasteiger partial charge in [0.25, 0.3) is 0 Å². The van der Waals surface area contributed by atoms with Crippen molar-refractivity contribution in [3.05, 3.63) is 25.1 Å². The largest absolute Gasteiger partial charge is 0.414 e. The van der Waals surface area contributed by atoms with Crippen molar-refractivity contribution in [1.29, 1.82) is 5.26 Å². The molecule has 115 valence electrons. The quantitative estimate of drug-likeness (QED) is 0.682. The molecule has 1 fully saturated rings. The Morgan fingerprint density at radius 1 is 1.55 bits per heavy atom. The number of imidazole rings is 1. The van der Waals surface area contributed by atoms with Crippen molar-refractivity contribution in [2.45, 2.75) is 30.6 Å². The molecule has 0 bridgehead atoms. The Morgan fingerprint density at radius 2 is 2.32 bits per heavy atom. The van der Waals surface area contributed by atoms with Gasteiger partial charge in [-0.2, -0.15) is 9.99 Å². The summed E-state index contributed by atoms with van der Waals surface area (Å²) >= 11 is 0. The molecule has 9 heteroatoms. The second-order valence-corrected chi connectivity index (χ2v) is 5.33. The van der Waals surface area contributed by atoms with Crippen LogP contribution in [0.15, 0.2) is 17.6 Å². The number of nitriles is 1. The first-order valence-corrected chi connectivity index (χ1v) is 6.65. The SMILES string of the molecule is [CH2][C@]1(O)C[C@@H](n2cnc3c(=NC#N)n(OC)cnc32)C[C@@H]1O. The van der Waals surface area contributed by atoms with Gasteiger partial charge in [-0.05, 0) is 19.8 Å². The van der Waals surface area contributed by atoms with Crippen LogP contribution in [0.1, 0.15) is 18.9 Å². The topological polar surface area (TPSA) is 121 Å². The van der Waals surface area contributed by atoms with Crippen LogP contribution < -0.4 is 10.3 Å². The van der Waals surface area contributed by atoms with Gasteiger partial charge in [0.2, 0.25) is 11.7 Å². The Balaban J connectivity index is 2.14. The summed E-state index contributed by atoms with van der Waals surface area (Å²) < 4.78 is 2.99. The van der Waals surface area contributed by atoms with Crippen molar-refractivity contribution < 1.29 is 15.1 Å². The molecule has 2 aromatic heterocycles. The van der Waals surface area contributed by atoms with E-state index in [0.717, 1.165) is 0 Å². The minimum Gasteiger partial charge on any atom is -0.414 e. The lowest BCUT2D eigenvalue weighted by Gasteiger charge is -2.19. The Morgan fingerprint density at radius 3 is 2.91 bits per heavy atom. The minimum atomic E-state index is -1.39. The van der Waals surface area contributed by atoms with E-state index >= 15 is 0 Å². The summed E-state index contributed by atoms with van der Waals surface area (Å²) in [4.78, 5) is 17.3. The molecule has 1 aliphatic rings. The van der Waals surface area contributed by atoms with E-state index in [0.29, 0.717) is 17.6 Å². The Labute approximate surface area is 125 Å². The van der Waals surface area contributed by atoms with Crippen molar-refractivity contribution in [2.24, 2.45) is 4.99 Å². The zero-order valence-electron chi connectivity index (χ0n) is 11.9. The molecular weight excluding hydrogens is 288 g/mol. The van der Waals surface area contributed by atoms with Gasteiger partial charge in [-0.25, -0.2) is 9.97 Å². The average molecular weight is 303 g/mol. The van der Waals surface area contributed by atoms with Gasteiger partial charge < -0.3 is 19.6 Å². The zero-order valence-corrected chi connectivity index (χ0v) is 11.9. The average Bonchev–Trinajstić information content (AvgIpc) is 3.01. The third kappa shape index (κ3) is 2.13. The van der Waals surface area contributed by atoms with Gasteiger partial charge in [0.15, 0.2) is 11.2 Å². The lowest BCUT2D eigenvalue weighted by molar-refractivity contribution is -0.0181. The smallest absolute Gasteiger partial charge is 0.211 e. The summed E-state index contributed by atoms with van der Waals surface area (Å²) in [7, 11) is 1.43. The maximum Gasteiger partial charge on any atom is 0.211 e. The van der Waals surface area contributed by atoms with Crippen LogP contribution in [0.3, 0.4) is 0 Å². The van der Waals surface area contributed by atoms with E-state index in [-0.39, 0.29) is 18.0 Å². The molecule has 0 saturated heterocycles. The van der Waals surface area contributed by atoms with Gasteiger partial charge in [-0.1, -0.05) is 0 Å². The maximum absolute atomic E-state index is 10.0. The molecular formula is C13H15N6O3. The minimum absolute atomic E-state index is 0.191. The molecule has 2 heterocycles. The predicted molar refractivity (Wildman–Crippen MR) is 73.8 cm³/mol. The first-order valence-electron chi connectivity index (χ1n) is 6.65. The first kappa shape index (κ1) is 14.5. The predicted octanol–water partition coefficient (Wildman–Crippen LogP) is -1.07. The summed E-state index contributed by atoms with van der Waals surface area (Å²) in [6.07, 6.45) is 4.36. The lowest BCUT2D eigenvalue weighted by Crippen LogP contribution is -2.33. The second kappa shape index (κ2) is 5.08. The highest BCUT2D eigenvalue weighted by Gasteiger charge is 2.42. The van der Waals surface area contributed by atoms with Crippen molar-refractivity contribution in [1.82, 2.24) is 19.3 Å². The molecule has 0 unspecified atom stereocenters. The van der Waals surface area contributed by atoms with Crippen LogP contribution in [-0.4, -0.2) is 48.3 Å². The molecule has 0 amide bonds. The number of hydrogen-bond donors (Lipinski definition) is 2. The van der Waals surface area contributed by atoms with Crippen molar-refractivity contribution in [3.8, 4) is 6.19 Å². The van der Waals surface area contributed by atoms with E-state index in [1.807, 2.05) is 0 Å². The van der Waals surface area contributed by atoms with Crippen molar-refractivity contribution in [3.63, 3.8) is 0 Å².